The van der Waals surface area contributed by atoms with Crippen LogP contribution >= 0.6 is 0 Å². The molecule has 0 aliphatic carbocycles. The molecular formula is C61H102O5. The molecule has 0 bridgehead atoms. The zero-order valence-corrected chi connectivity index (χ0v) is 43.2. The summed E-state index contributed by atoms with van der Waals surface area (Å²) in [4.78, 5) is 25.5. The fraction of sp³-hybridized carbons (Fsp3) is 0.672. The Kier molecular flexibility index (Phi) is 53.0. The van der Waals surface area contributed by atoms with E-state index < -0.39 is 6.10 Å². The molecule has 0 saturated heterocycles. The van der Waals surface area contributed by atoms with Crippen LogP contribution in [-0.2, 0) is 23.8 Å². The van der Waals surface area contributed by atoms with E-state index in [1.54, 1.807) is 0 Å². The summed E-state index contributed by atoms with van der Waals surface area (Å²) in [5, 5.41) is 0. The Bertz CT molecular complexity index is 1310. The van der Waals surface area contributed by atoms with Gasteiger partial charge in [0, 0.05) is 19.4 Å². The van der Waals surface area contributed by atoms with Crippen molar-refractivity contribution in [3.05, 3.63) is 109 Å². The van der Waals surface area contributed by atoms with Gasteiger partial charge in [-0.05, 0) is 122 Å². The zero-order valence-electron chi connectivity index (χ0n) is 43.2. The van der Waals surface area contributed by atoms with Crippen molar-refractivity contribution in [3.63, 3.8) is 0 Å². The third kappa shape index (κ3) is 53.2. The molecule has 1 unspecified atom stereocenters. The monoisotopic (exact) mass is 915 g/mol. The van der Waals surface area contributed by atoms with E-state index in [0.29, 0.717) is 19.4 Å². The van der Waals surface area contributed by atoms with Crippen LogP contribution in [0.25, 0.3) is 0 Å². The maximum Gasteiger partial charge on any atom is 0.306 e. The normalized spacial score (nSPS) is 13.1. The van der Waals surface area contributed by atoms with E-state index in [9.17, 15) is 9.59 Å². The Morgan fingerprint density at radius 1 is 0.348 bits per heavy atom. The third-order valence-electron chi connectivity index (χ3n) is 11.3. The third-order valence-corrected chi connectivity index (χ3v) is 11.3. The minimum Gasteiger partial charge on any atom is -0.462 e. The van der Waals surface area contributed by atoms with Crippen molar-refractivity contribution in [2.24, 2.45) is 0 Å². The lowest BCUT2D eigenvalue weighted by atomic mass is 10.1. The first-order valence-corrected chi connectivity index (χ1v) is 27.4. The van der Waals surface area contributed by atoms with Crippen molar-refractivity contribution < 1.29 is 23.8 Å². The maximum absolute atomic E-state index is 12.8. The lowest BCUT2D eigenvalue weighted by Gasteiger charge is -2.18. The summed E-state index contributed by atoms with van der Waals surface area (Å²) in [7, 11) is 0. The Balaban J connectivity index is 4.36. The van der Waals surface area contributed by atoms with E-state index in [0.717, 1.165) is 122 Å². The smallest absolute Gasteiger partial charge is 0.306 e. The van der Waals surface area contributed by atoms with Gasteiger partial charge in [0.05, 0.1) is 6.61 Å². The van der Waals surface area contributed by atoms with Gasteiger partial charge in [0.15, 0.2) is 6.10 Å². The molecule has 0 aromatic carbocycles. The van der Waals surface area contributed by atoms with Crippen molar-refractivity contribution in [2.75, 3.05) is 19.8 Å². The summed E-state index contributed by atoms with van der Waals surface area (Å²) in [5.41, 5.74) is 0. The highest BCUT2D eigenvalue weighted by Crippen LogP contribution is 2.13. The van der Waals surface area contributed by atoms with Gasteiger partial charge in [0.1, 0.15) is 6.61 Å². The average Bonchev–Trinajstić information content (AvgIpc) is 3.32. The maximum atomic E-state index is 12.8. The quantitative estimate of drug-likeness (QED) is 0.0346. The molecule has 1 atom stereocenters. The van der Waals surface area contributed by atoms with Crippen molar-refractivity contribution in [3.8, 4) is 0 Å². The molecular weight excluding hydrogens is 813 g/mol. The summed E-state index contributed by atoms with van der Waals surface area (Å²) in [5.74, 6) is -0.446. The molecule has 5 nitrogen and oxygen atoms in total. The average molecular weight is 915 g/mol. The largest absolute Gasteiger partial charge is 0.462 e. The van der Waals surface area contributed by atoms with Crippen LogP contribution in [-0.4, -0.2) is 37.9 Å². The molecule has 0 aliphatic rings. The standard InChI is InChI=1S/C61H102O5/c1-4-7-10-13-16-19-22-25-28-30-31-33-34-36-39-42-45-48-51-54-60(62)65-58-59(57-64-56-53-50-47-44-41-38-27-24-21-18-15-12-9-6-3)66-61(63)55-52-49-46-43-40-37-35-32-29-26-23-20-17-14-11-8-5-2/h7-8,10-11,16-17,19-21,24-26,28-29,31,33,35,37,59H,4-6,9,12-15,18,22-23,27,30,32,34,36,38-58H2,1-3H3/b10-7-,11-8-,19-16-,20-17-,24-21-,28-25-,29-26-,33-31-,37-35-. The summed E-state index contributed by atoms with van der Waals surface area (Å²) in [6.45, 7) is 7.54. The molecule has 0 fully saturated rings. The highest BCUT2D eigenvalue weighted by molar-refractivity contribution is 5.70. The summed E-state index contributed by atoms with van der Waals surface area (Å²) >= 11 is 0. The number of ether oxygens (including phenoxy) is 3. The summed E-state index contributed by atoms with van der Waals surface area (Å²) in [6, 6.07) is 0. The van der Waals surface area contributed by atoms with E-state index in [1.807, 2.05) is 0 Å². The Morgan fingerprint density at radius 2 is 0.682 bits per heavy atom. The molecule has 0 spiro atoms. The second kappa shape index (κ2) is 55.9. The second-order valence-corrected chi connectivity index (χ2v) is 17.7. The van der Waals surface area contributed by atoms with Gasteiger partial charge in [-0.2, -0.15) is 0 Å². The zero-order chi connectivity index (χ0) is 47.7. The number of hydrogen-bond acceptors (Lipinski definition) is 5. The van der Waals surface area contributed by atoms with Crippen LogP contribution < -0.4 is 0 Å². The predicted octanol–water partition coefficient (Wildman–Crippen LogP) is 18.8. The number of unbranched alkanes of at least 4 members (excludes halogenated alkanes) is 20. The van der Waals surface area contributed by atoms with E-state index >= 15 is 0 Å². The second-order valence-electron chi connectivity index (χ2n) is 17.7. The first-order chi connectivity index (χ1) is 32.6. The predicted molar refractivity (Wildman–Crippen MR) is 288 cm³/mol. The molecule has 0 amide bonds. The molecule has 5 heteroatoms. The molecule has 0 aromatic heterocycles. The lowest BCUT2D eigenvalue weighted by Crippen LogP contribution is -2.30. The molecule has 66 heavy (non-hydrogen) atoms. The summed E-state index contributed by atoms with van der Waals surface area (Å²) in [6.07, 6.45) is 76.7. The fourth-order valence-corrected chi connectivity index (χ4v) is 7.25. The van der Waals surface area contributed by atoms with Gasteiger partial charge in [0.25, 0.3) is 0 Å². The molecule has 0 radical (unpaired) electrons. The van der Waals surface area contributed by atoms with Gasteiger partial charge in [0.2, 0.25) is 0 Å². The molecule has 0 heterocycles. The lowest BCUT2D eigenvalue weighted by molar-refractivity contribution is -0.163. The number of carbonyl (C=O) groups is 2. The number of hydrogen-bond donors (Lipinski definition) is 0. The van der Waals surface area contributed by atoms with Crippen LogP contribution in [0.1, 0.15) is 239 Å². The van der Waals surface area contributed by atoms with Gasteiger partial charge >= 0.3 is 11.9 Å². The minimum absolute atomic E-state index is 0.0595. The van der Waals surface area contributed by atoms with Crippen LogP contribution in [0, 0.1) is 0 Å². The van der Waals surface area contributed by atoms with Gasteiger partial charge in [-0.25, -0.2) is 0 Å². The van der Waals surface area contributed by atoms with E-state index in [2.05, 4.69) is 130 Å². The number of esters is 2. The number of allylic oxidation sites excluding steroid dienone is 18. The molecule has 0 N–H and O–H groups in total. The van der Waals surface area contributed by atoms with E-state index in [4.69, 9.17) is 14.2 Å². The van der Waals surface area contributed by atoms with Crippen molar-refractivity contribution >= 4 is 11.9 Å². The van der Waals surface area contributed by atoms with E-state index in [-0.39, 0.29) is 25.2 Å². The minimum atomic E-state index is -0.565. The van der Waals surface area contributed by atoms with Gasteiger partial charge < -0.3 is 14.2 Å². The Labute approximate surface area is 408 Å². The van der Waals surface area contributed by atoms with Crippen molar-refractivity contribution in [1.29, 1.82) is 0 Å². The fourth-order valence-electron chi connectivity index (χ4n) is 7.25. The first kappa shape index (κ1) is 62.6. The molecule has 0 aliphatic heterocycles. The van der Waals surface area contributed by atoms with Crippen LogP contribution in [0.5, 0.6) is 0 Å². The Morgan fingerprint density at radius 3 is 1.11 bits per heavy atom. The van der Waals surface area contributed by atoms with E-state index in [1.165, 1.54) is 83.5 Å². The van der Waals surface area contributed by atoms with Crippen molar-refractivity contribution in [1.82, 2.24) is 0 Å². The van der Waals surface area contributed by atoms with Gasteiger partial charge in [-0.3, -0.25) is 9.59 Å². The highest BCUT2D eigenvalue weighted by atomic mass is 16.6. The summed E-state index contributed by atoms with van der Waals surface area (Å²) < 4.78 is 17.4. The Hall–Kier alpha value is -3.44. The first-order valence-electron chi connectivity index (χ1n) is 27.4. The number of rotatable bonds is 49. The van der Waals surface area contributed by atoms with Crippen LogP contribution in [0.3, 0.4) is 0 Å². The molecule has 0 saturated carbocycles. The van der Waals surface area contributed by atoms with Gasteiger partial charge in [-0.1, -0.05) is 214 Å². The SMILES string of the molecule is CC/C=C\C/C=C\C/C=C\C/C=C\CCCCCCCCC(=O)OCC(COCCCCCCCC/C=C\CCCCCC)OC(=O)CCCCCC/C=C\C/C=C\C/C=C\C/C=C\CC. The topological polar surface area (TPSA) is 61.8 Å². The number of carbonyl (C=O) groups excluding carboxylic acids is 2. The molecule has 0 aromatic rings. The molecule has 0 rings (SSSR count). The molecule has 376 valence electrons. The highest BCUT2D eigenvalue weighted by Gasteiger charge is 2.17. The van der Waals surface area contributed by atoms with Crippen LogP contribution in [0.15, 0.2) is 109 Å². The van der Waals surface area contributed by atoms with Crippen molar-refractivity contribution in [2.45, 2.75) is 245 Å². The van der Waals surface area contributed by atoms with Gasteiger partial charge in [-0.15, -0.1) is 0 Å². The van der Waals surface area contributed by atoms with Crippen LogP contribution in [0.4, 0.5) is 0 Å². The van der Waals surface area contributed by atoms with Crippen LogP contribution in [0.2, 0.25) is 0 Å².